The van der Waals surface area contributed by atoms with E-state index >= 15 is 0 Å². The van der Waals surface area contributed by atoms with Gasteiger partial charge < -0.3 is 20.3 Å². The lowest BCUT2D eigenvalue weighted by Gasteiger charge is -2.11. The molecule has 0 bridgehead atoms. The van der Waals surface area contributed by atoms with Crippen LogP contribution in [0, 0.1) is 0 Å². The van der Waals surface area contributed by atoms with E-state index < -0.39 is 5.97 Å². The van der Waals surface area contributed by atoms with Gasteiger partial charge >= 0.3 is 5.97 Å². The molecular formula is C17H24N2O4. The highest BCUT2D eigenvalue weighted by atomic mass is 16.5. The summed E-state index contributed by atoms with van der Waals surface area (Å²) in [4.78, 5) is 16.3. The number of rotatable bonds is 8. The van der Waals surface area contributed by atoms with Gasteiger partial charge in [-0.25, -0.2) is 4.79 Å². The lowest BCUT2D eigenvalue weighted by molar-refractivity contribution is -0.137. The number of nitrogens with two attached hydrogens (primary N) is 1. The molecule has 0 aliphatic carbocycles. The average molecular weight is 320 g/mol. The molecule has 1 aromatic carbocycles. The van der Waals surface area contributed by atoms with Crippen molar-refractivity contribution >= 4 is 17.6 Å². The van der Waals surface area contributed by atoms with Crippen LogP contribution >= 0.6 is 0 Å². The standard InChI is InChI=1S/C17H24N2O4/c1-4-6-11-19-16(18)14(17(21)23-5-2)15(20)12-7-9-13(22-3)10-8-12/h7-10,20H,4-6,11H2,1-3H3,(H2,18,19). The van der Waals surface area contributed by atoms with Crippen molar-refractivity contribution in [2.75, 3.05) is 20.3 Å². The Morgan fingerprint density at radius 2 is 1.91 bits per heavy atom. The molecule has 0 fully saturated rings. The minimum Gasteiger partial charge on any atom is -0.506 e. The molecule has 0 aliphatic rings. The molecule has 23 heavy (non-hydrogen) atoms. The average Bonchev–Trinajstić information content (AvgIpc) is 2.55. The Kier molecular flexibility index (Phi) is 7.66. The third kappa shape index (κ3) is 5.32. The van der Waals surface area contributed by atoms with E-state index in [2.05, 4.69) is 4.99 Å². The van der Waals surface area contributed by atoms with E-state index in [1.807, 2.05) is 6.92 Å². The third-order valence-corrected chi connectivity index (χ3v) is 3.13. The quantitative estimate of drug-likeness (QED) is 0.192. The largest absolute Gasteiger partial charge is 0.506 e. The number of esters is 1. The molecule has 6 nitrogen and oxygen atoms in total. The van der Waals surface area contributed by atoms with Gasteiger partial charge in [0.25, 0.3) is 0 Å². The highest BCUT2D eigenvalue weighted by molar-refractivity contribution is 6.22. The number of aliphatic imine (C=N–C) groups is 1. The van der Waals surface area contributed by atoms with E-state index in [9.17, 15) is 9.90 Å². The van der Waals surface area contributed by atoms with E-state index in [0.717, 1.165) is 12.8 Å². The fraction of sp³-hybridized carbons (Fsp3) is 0.412. The Labute approximate surface area is 136 Å². The van der Waals surface area contributed by atoms with Crippen molar-refractivity contribution in [3.05, 3.63) is 35.4 Å². The van der Waals surface area contributed by atoms with Crippen molar-refractivity contribution in [2.45, 2.75) is 26.7 Å². The minimum absolute atomic E-state index is 0.0229. The number of unbranched alkanes of at least 4 members (excludes halogenated alkanes) is 1. The molecule has 0 saturated carbocycles. The van der Waals surface area contributed by atoms with E-state index in [1.54, 1.807) is 38.3 Å². The number of amidine groups is 1. The second kappa shape index (κ2) is 9.50. The van der Waals surface area contributed by atoms with Crippen molar-refractivity contribution in [3.8, 4) is 5.75 Å². The Balaban J connectivity index is 3.23. The number of carbonyl (C=O) groups excluding carboxylic acids is 1. The minimum atomic E-state index is -0.696. The Morgan fingerprint density at radius 1 is 1.26 bits per heavy atom. The summed E-state index contributed by atoms with van der Waals surface area (Å²) in [7, 11) is 1.55. The summed E-state index contributed by atoms with van der Waals surface area (Å²) in [6.45, 7) is 4.38. The number of aliphatic hydroxyl groups excluding tert-OH is 1. The first kappa shape index (κ1) is 18.5. The van der Waals surface area contributed by atoms with E-state index in [1.165, 1.54) is 0 Å². The van der Waals surface area contributed by atoms with Gasteiger partial charge in [0.15, 0.2) is 0 Å². The molecule has 0 spiro atoms. The van der Waals surface area contributed by atoms with Gasteiger partial charge in [0, 0.05) is 12.1 Å². The molecule has 0 amide bonds. The van der Waals surface area contributed by atoms with Crippen LogP contribution in [0.25, 0.3) is 5.76 Å². The van der Waals surface area contributed by atoms with Crippen LogP contribution in [0.1, 0.15) is 32.3 Å². The molecule has 126 valence electrons. The second-order valence-corrected chi connectivity index (χ2v) is 4.79. The third-order valence-electron chi connectivity index (χ3n) is 3.13. The number of carbonyl (C=O) groups is 1. The predicted octanol–water partition coefficient (Wildman–Crippen LogP) is 2.68. The second-order valence-electron chi connectivity index (χ2n) is 4.79. The zero-order chi connectivity index (χ0) is 17.2. The van der Waals surface area contributed by atoms with Gasteiger partial charge in [-0.2, -0.15) is 0 Å². The zero-order valence-electron chi connectivity index (χ0n) is 13.8. The number of benzene rings is 1. The predicted molar refractivity (Wildman–Crippen MR) is 90.6 cm³/mol. The molecular weight excluding hydrogens is 296 g/mol. The van der Waals surface area contributed by atoms with Crippen LogP contribution in [-0.4, -0.2) is 37.2 Å². The summed E-state index contributed by atoms with van der Waals surface area (Å²) in [5, 5.41) is 10.4. The Morgan fingerprint density at radius 3 is 2.43 bits per heavy atom. The lowest BCUT2D eigenvalue weighted by Crippen LogP contribution is -2.25. The van der Waals surface area contributed by atoms with E-state index in [0.29, 0.717) is 17.9 Å². The smallest absolute Gasteiger partial charge is 0.345 e. The van der Waals surface area contributed by atoms with Crippen LogP contribution in [0.15, 0.2) is 34.8 Å². The lowest BCUT2D eigenvalue weighted by atomic mass is 10.1. The maximum absolute atomic E-state index is 12.1. The molecule has 0 radical (unpaired) electrons. The summed E-state index contributed by atoms with van der Waals surface area (Å²) in [5.74, 6) is -0.337. The van der Waals surface area contributed by atoms with Gasteiger partial charge in [-0.15, -0.1) is 0 Å². The van der Waals surface area contributed by atoms with Crippen LogP contribution in [0.3, 0.4) is 0 Å². The number of hydrogen-bond donors (Lipinski definition) is 2. The van der Waals surface area contributed by atoms with Gasteiger partial charge in [0.2, 0.25) is 0 Å². The zero-order valence-corrected chi connectivity index (χ0v) is 13.8. The number of hydrogen-bond acceptors (Lipinski definition) is 5. The molecule has 1 aromatic rings. The van der Waals surface area contributed by atoms with Crippen LogP contribution in [-0.2, 0) is 9.53 Å². The molecule has 0 unspecified atom stereocenters. The molecule has 0 saturated heterocycles. The van der Waals surface area contributed by atoms with Crippen LogP contribution in [0.5, 0.6) is 5.75 Å². The first-order chi connectivity index (χ1) is 11.0. The van der Waals surface area contributed by atoms with Crippen molar-refractivity contribution in [1.29, 1.82) is 0 Å². The van der Waals surface area contributed by atoms with Crippen molar-refractivity contribution < 1.29 is 19.4 Å². The van der Waals surface area contributed by atoms with Crippen molar-refractivity contribution in [3.63, 3.8) is 0 Å². The van der Waals surface area contributed by atoms with Gasteiger partial charge in [0.05, 0.1) is 13.7 Å². The summed E-state index contributed by atoms with van der Waals surface area (Å²) in [6.07, 6.45) is 1.81. The number of ether oxygens (including phenoxy) is 2. The summed E-state index contributed by atoms with van der Waals surface area (Å²) >= 11 is 0. The van der Waals surface area contributed by atoms with E-state index in [4.69, 9.17) is 15.2 Å². The summed E-state index contributed by atoms with van der Waals surface area (Å²) in [6, 6.07) is 6.62. The number of aliphatic hydroxyl groups is 1. The SMILES string of the molecule is CCCCN=C(N)C(C(=O)OCC)=C(O)c1ccc(OC)cc1. The van der Waals surface area contributed by atoms with Gasteiger partial charge in [-0.3, -0.25) is 4.99 Å². The fourth-order valence-corrected chi connectivity index (χ4v) is 1.86. The van der Waals surface area contributed by atoms with Gasteiger partial charge in [0.1, 0.15) is 22.9 Å². The highest BCUT2D eigenvalue weighted by Gasteiger charge is 2.21. The molecule has 6 heteroatoms. The molecule has 0 aromatic heterocycles. The molecule has 0 aliphatic heterocycles. The van der Waals surface area contributed by atoms with Gasteiger partial charge in [-0.05, 0) is 37.6 Å². The van der Waals surface area contributed by atoms with E-state index in [-0.39, 0.29) is 23.8 Å². The van der Waals surface area contributed by atoms with Crippen LogP contribution < -0.4 is 10.5 Å². The van der Waals surface area contributed by atoms with Crippen LogP contribution in [0.4, 0.5) is 0 Å². The summed E-state index contributed by atoms with van der Waals surface area (Å²) in [5.41, 5.74) is 6.21. The normalized spacial score (nSPS) is 12.6. The van der Waals surface area contributed by atoms with Gasteiger partial charge in [-0.1, -0.05) is 13.3 Å². The van der Waals surface area contributed by atoms with Crippen molar-refractivity contribution in [2.24, 2.45) is 10.7 Å². The van der Waals surface area contributed by atoms with Crippen LogP contribution in [0.2, 0.25) is 0 Å². The Bertz CT molecular complexity index is 577. The fourth-order valence-electron chi connectivity index (χ4n) is 1.86. The maximum atomic E-state index is 12.1. The maximum Gasteiger partial charge on any atom is 0.345 e. The number of nitrogens with zero attached hydrogens (tertiary/aromatic N) is 1. The van der Waals surface area contributed by atoms with Crippen molar-refractivity contribution in [1.82, 2.24) is 0 Å². The first-order valence-corrected chi connectivity index (χ1v) is 7.60. The molecule has 0 heterocycles. The monoisotopic (exact) mass is 320 g/mol. The highest BCUT2D eigenvalue weighted by Crippen LogP contribution is 2.20. The summed E-state index contributed by atoms with van der Waals surface area (Å²) < 4.78 is 10.0. The topological polar surface area (TPSA) is 94.1 Å². The molecule has 0 atom stereocenters. The molecule has 1 rings (SSSR count). The molecule has 3 N–H and O–H groups in total. The Hall–Kier alpha value is -2.50. The first-order valence-electron chi connectivity index (χ1n) is 7.60. The number of methoxy groups -OCH3 is 1.